The lowest BCUT2D eigenvalue weighted by molar-refractivity contribution is -0.122. The lowest BCUT2D eigenvalue weighted by atomic mass is 10.0. The number of fused-ring (bicyclic) bond motifs is 3. The van der Waals surface area contributed by atoms with Crippen molar-refractivity contribution < 1.29 is 14.3 Å². The molecule has 1 fully saturated rings. The maximum Gasteiger partial charge on any atom is 0.252 e. The van der Waals surface area contributed by atoms with Crippen molar-refractivity contribution in [3.63, 3.8) is 0 Å². The summed E-state index contributed by atoms with van der Waals surface area (Å²) in [6, 6.07) is 0. The van der Waals surface area contributed by atoms with Gasteiger partial charge in [0.05, 0.1) is 24.6 Å². The Hall–Kier alpha value is -1.77. The van der Waals surface area contributed by atoms with E-state index in [2.05, 4.69) is 15.4 Å². The van der Waals surface area contributed by atoms with Crippen LogP contribution in [0.15, 0.2) is 6.20 Å². The number of carbonyl (C=O) groups is 1. The summed E-state index contributed by atoms with van der Waals surface area (Å²) in [7, 11) is 1.95. The van der Waals surface area contributed by atoms with Gasteiger partial charge in [-0.2, -0.15) is 5.10 Å². The van der Waals surface area contributed by atoms with Crippen LogP contribution in [0.3, 0.4) is 0 Å². The van der Waals surface area contributed by atoms with Gasteiger partial charge in [-0.1, -0.05) is 0 Å². The van der Waals surface area contributed by atoms with Gasteiger partial charge in [0.1, 0.15) is 6.61 Å². The molecule has 1 unspecified atom stereocenters. The highest BCUT2D eigenvalue weighted by Gasteiger charge is 2.24. The van der Waals surface area contributed by atoms with E-state index in [0.29, 0.717) is 11.7 Å². The molecule has 3 heterocycles. The molecule has 8 heteroatoms. The molecule has 0 aromatic carbocycles. The fraction of sp³-hybridized carbons (Fsp3) is 0.588. The van der Waals surface area contributed by atoms with Crippen molar-refractivity contribution in [2.45, 2.75) is 38.2 Å². The van der Waals surface area contributed by atoms with Crippen molar-refractivity contribution in [2.24, 2.45) is 7.05 Å². The van der Waals surface area contributed by atoms with Crippen LogP contribution >= 0.6 is 11.3 Å². The Balaban J connectivity index is 1.33. The molecular formula is C17H22N4O3S. The summed E-state index contributed by atoms with van der Waals surface area (Å²) in [6.45, 7) is 1.30. The van der Waals surface area contributed by atoms with E-state index in [1.165, 1.54) is 28.3 Å². The summed E-state index contributed by atoms with van der Waals surface area (Å²) in [4.78, 5) is 17.9. The van der Waals surface area contributed by atoms with E-state index in [9.17, 15) is 4.79 Å². The van der Waals surface area contributed by atoms with Crippen molar-refractivity contribution >= 4 is 22.4 Å². The monoisotopic (exact) mass is 362 g/mol. The number of amides is 1. The van der Waals surface area contributed by atoms with Crippen LogP contribution in [0.1, 0.15) is 29.8 Å². The Morgan fingerprint density at radius 1 is 1.48 bits per heavy atom. The van der Waals surface area contributed by atoms with Crippen molar-refractivity contribution in [1.29, 1.82) is 0 Å². The number of anilines is 1. The van der Waals surface area contributed by atoms with E-state index in [0.717, 1.165) is 43.5 Å². The Labute approximate surface area is 150 Å². The van der Waals surface area contributed by atoms with Crippen LogP contribution in [0.2, 0.25) is 0 Å². The molecule has 1 aliphatic heterocycles. The number of aromatic nitrogens is 3. The van der Waals surface area contributed by atoms with E-state index in [1.807, 2.05) is 17.9 Å². The lowest BCUT2D eigenvalue weighted by Crippen LogP contribution is -2.27. The second-order valence-corrected chi connectivity index (χ2v) is 7.55. The zero-order chi connectivity index (χ0) is 17.2. The summed E-state index contributed by atoms with van der Waals surface area (Å²) in [5.74, 6) is -0.173. The Bertz CT molecular complexity index is 764. The van der Waals surface area contributed by atoms with E-state index in [4.69, 9.17) is 9.47 Å². The molecule has 2 aromatic heterocycles. The molecule has 134 valence electrons. The first-order valence-electron chi connectivity index (χ1n) is 8.71. The Kier molecular flexibility index (Phi) is 4.82. The summed E-state index contributed by atoms with van der Waals surface area (Å²) in [5.41, 5.74) is 3.23. The van der Waals surface area contributed by atoms with Gasteiger partial charge in [-0.15, -0.1) is 11.3 Å². The average molecular weight is 362 g/mol. The average Bonchev–Trinajstić information content (AvgIpc) is 3.19. The van der Waals surface area contributed by atoms with Crippen LogP contribution < -0.4 is 5.32 Å². The molecule has 0 spiro atoms. The fourth-order valence-corrected chi connectivity index (χ4v) is 4.34. The van der Waals surface area contributed by atoms with Gasteiger partial charge in [0.15, 0.2) is 5.13 Å². The van der Waals surface area contributed by atoms with Crippen molar-refractivity contribution in [2.75, 3.05) is 25.1 Å². The normalized spacial score (nSPS) is 19.3. The molecule has 2 aromatic rings. The predicted octanol–water partition coefficient (Wildman–Crippen LogP) is 2.17. The molecule has 1 N–H and O–H groups in total. The van der Waals surface area contributed by atoms with Gasteiger partial charge in [0, 0.05) is 29.8 Å². The number of nitrogens with zero attached hydrogens (tertiary/aromatic N) is 3. The molecular weight excluding hydrogens is 340 g/mol. The van der Waals surface area contributed by atoms with Crippen LogP contribution in [-0.4, -0.2) is 46.6 Å². The van der Waals surface area contributed by atoms with Gasteiger partial charge in [0.25, 0.3) is 5.91 Å². The van der Waals surface area contributed by atoms with Crippen LogP contribution in [-0.2, 0) is 34.2 Å². The smallest absolute Gasteiger partial charge is 0.252 e. The number of thiazole rings is 1. The maximum absolute atomic E-state index is 12.1. The minimum atomic E-state index is -0.173. The standard InChI is InChI=1S/C17H22N4O3S/c1-21-13-5-6-14-16(12(13)8-18-21)20-17(25-14)19-15(22)10-23-9-11-4-2-3-7-24-11/h8,11H,2-7,9-10H2,1H3,(H,19,20,22). The first-order valence-corrected chi connectivity index (χ1v) is 9.52. The highest BCUT2D eigenvalue weighted by atomic mass is 32.1. The van der Waals surface area contributed by atoms with E-state index < -0.39 is 0 Å². The number of rotatable bonds is 5. The molecule has 0 bridgehead atoms. The molecule has 2 aliphatic rings. The van der Waals surface area contributed by atoms with Gasteiger partial charge in [-0.05, 0) is 32.1 Å². The van der Waals surface area contributed by atoms with Gasteiger partial charge in [0.2, 0.25) is 0 Å². The molecule has 1 amide bonds. The van der Waals surface area contributed by atoms with Crippen LogP contribution in [0.25, 0.3) is 11.3 Å². The SMILES string of the molecule is Cn1ncc2c1CCc1sc(NC(=O)COCC3CCCCO3)nc1-2. The highest BCUT2D eigenvalue weighted by molar-refractivity contribution is 7.16. The third-order valence-electron chi connectivity index (χ3n) is 4.66. The minimum absolute atomic E-state index is 0.0300. The highest BCUT2D eigenvalue weighted by Crippen LogP contribution is 2.37. The minimum Gasteiger partial charge on any atom is -0.376 e. The van der Waals surface area contributed by atoms with Gasteiger partial charge in [-0.25, -0.2) is 4.98 Å². The first-order chi connectivity index (χ1) is 12.2. The number of nitrogens with one attached hydrogen (secondary N) is 1. The molecule has 0 radical (unpaired) electrons. The maximum atomic E-state index is 12.1. The largest absolute Gasteiger partial charge is 0.376 e. The summed E-state index contributed by atoms with van der Waals surface area (Å²) < 4.78 is 13.0. The van der Waals surface area contributed by atoms with Crippen LogP contribution in [0.4, 0.5) is 5.13 Å². The second-order valence-electron chi connectivity index (χ2n) is 6.47. The third kappa shape index (κ3) is 3.61. The number of carbonyl (C=O) groups excluding carboxylic acids is 1. The first kappa shape index (κ1) is 16.7. The Morgan fingerprint density at radius 2 is 2.40 bits per heavy atom. The summed E-state index contributed by atoms with van der Waals surface area (Å²) >= 11 is 1.54. The van der Waals surface area contributed by atoms with E-state index >= 15 is 0 Å². The fourth-order valence-electron chi connectivity index (χ4n) is 3.35. The molecule has 1 atom stereocenters. The van der Waals surface area contributed by atoms with Crippen LogP contribution in [0, 0.1) is 0 Å². The van der Waals surface area contributed by atoms with Crippen molar-refractivity contribution in [3.8, 4) is 11.3 Å². The lowest BCUT2D eigenvalue weighted by Gasteiger charge is -2.22. The number of aryl methyl sites for hydroxylation is 2. The van der Waals surface area contributed by atoms with Gasteiger partial charge < -0.3 is 9.47 Å². The molecule has 0 saturated carbocycles. The molecule has 1 aliphatic carbocycles. The third-order valence-corrected chi connectivity index (χ3v) is 5.69. The van der Waals surface area contributed by atoms with Gasteiger partial charge in [-0.3, -0.25) is 14.8 Å². The van der Waals surface area contributed by atoms with Crippen molar-refractivity contribution in [3.05, 3.63) is 16.8 Å². The summed E-state index contributed by atoms with van der Waals surface area (Å²) in [6.07, 6.45) is 7.16. The van der Waals surface area contributed by atoms with E-state index in [-0.39, 0.29) is 18.6 Å². The quantitative estimate of drug-likeness (QED) is 0.882. The van der Waals surface area contributed by atoms with Gasteiger partial charge >= 0.3 is 0 Å². The van der Waals surface area contributed by atoms with Crippen LogP contribution in [0.5, 0.6) is 0 Å². The molecule has 4 rings (SSSR count). The predicted molar refractivity (Wildman–Crippen MR) is 94.8 cm³/mol. The zero-order valence-corrected chi connectivity index (χ0v) is 15.1. The Morgan fingerprint density at radius 3 is 3.24 bits per heavy atom. The molecule has 1 saturated heterocycles. The number of hydrogen-bond donors (Lipinski definition) is 1. The van der Waals surface area contributed by atoms with E-state index in [1.54, 1.807) is 0 Å². The molecule has 25 heavy (non-hydrogen) atoms. The second kappa shape index (κ2) is 7.23. The zero-order valence-electron chi connectivity index (χ0n) is 14.3. The molecule has 7 nitrogen and oxygen atoms in total. The summed E-state index contributed by atoms with van der Waals surface area (Å²) in [5, 5.41) is 7.79. The van der Waals surface area contributed by atoms with Crippen molar-refractivity contribution in [1.82, 2.24) is 14.8 Å². The topological polar surface area (TPSA) is 78.3 Å². The number of ether oxygens (including phenoxy) is 2. The number of hydrogen-bond acceptors (Lipinski definition) is 6.